The summed E-state index contributed by atoms with van der Waals surface area (Å²) in [6.07, 6.45) is -4.85. The molecule has 94 valence electrons. The highest BCUT2D eigenvalue weighted by Crippen LogP contribution is 2.32. The van der Waals surface area contributed by atoms with Crippen molar-refractivity contribution in [1.82, 2.24) is 0 Å². The van der Waals surface area contributed by atoms with Crippen molar-refractivity contribution in [2.24, 2.45) is 0 Å². The van der Waals surface area contributed by atoms with Gasteiger partial charge in [-0.1, -0.05) is 6.07 Å². The molecule has 0 aliphatic rings. The van der Waals surface area contributed by atoms with E-state index in [1.54, 1.807) is 6.92 Å². The van der Waals surface area contributed by atoms with Crippen LogP contribution < -0.4 is 9.47 Å². The van der Waals surface area contributed by atoms with Crippen LogP contribution in [0.3, 0.4) is 0 Å². The summed E-state index contributed by atoms with van der Waals surface area (Å²) >= 11 is 0. The smallest absolute Gasteiger partial charge is 0.479 e. The SMILES string of the molecule is Cc1ccc(OCC(=O)O)c(OC(F)(F)F)c1. The molecule has 0 bridgehead atoms. The van der Waals surface area contributed by atoms with Crippen LogP contribution >= 0.6 is 0 Å². The average Bonchev–Trinajstić information content (AvgIpc) is 2.13. The number of carboxylic acids is 1. The van der Waals surface area contributed by atoms with Gasteiger partial charge in [-0.05, 0) is 24.6 Å². The van der Waals surface area contributed by atoms with E-state index < -0.39 is 24.7 Å². The third kappa shape index (κ3) is 4.62. The average molecular weight is 250 g/mol. The molecule has 0 aliphatic heterocycles. The molecule has 0 heterocycles. The monoisotopic (exact) mass is 250 g/mol. The summed E-state index contributed by atoms with van der Waals surface area (Å²) in [7, 11) is 0. The highest BCUT2D eigenvalue weighted by Gasteiger charge is 2.32. The van der Waals surface area contributed by atoms with Crippen LogP contribution in [0.15, 0.2) is 18.2 Å². The summed E-state index contributed by atoms with van der Waals surface area (Å²) in [4.78, 5) is 10.2. The van der Waals surface area contributed by atoms with Crippen molar-refractivity contribution in [1.29, 1.82) is 0 Å². The van der Waals surface area contributed by atoms with Gasteiger partial charge in [0.15, 0.2) is 18.1 Å². The van der Waals surface area contributed by atoms with Gasteiger partial charge in [0, 0.05) is 0 Å². The number of aliphatic carboxylic acids is 1. The van der Waals surface area contributed by atoms with Crippen LogP contribution in [-0.2, 0) is 4.79 Å². The molecule has 1 N–H and O–H groups in total. The molecule has 17 heavy (non-hydrogen) atoms. The molecule has 0 spiro atoms. The van der Waals surface area contributed by atoms with Crippen LogP contribution in [0.2, 0.25) is 0 Å². The topological polar surface area (TPSA) is 55.8 Å². The molecule has 0 aromatic heterocycles. The maximum absolute atomic E-state index is 12.1. The number of benzene rings is 1. The lowest BCUT2D eigenvalue weighted by atomic mass is 10.2. The highest BCUT2D eigenvalue weighted by atomic mass is 19.4. The minimum absolute atomic E-state index is 0.268. The van der Waals surface area contributed by atoms with Gasteiger partial charge < -0.3 is 14.6 Å². The van der Waals surface area contributed by atoms with Crippen LogP contribution in [0, 0.1) is 6.92 Å². The molecule has 0 aliphatic carbocycles. The Morgan fingerprint density at radius 3 is 2.53 bits per heavy atom. The Kier molecular flexibility index (Phi) is 3.82. The van der Waals surface area contributed by atoms with Gasteiger partial charge >= 0.3 is 12.3 Å². The van der Waals surface area contributed by atoms with E-state index in [2.05, 4.69) is 9.47 Å². The fraction of sp³-hybridized carbons (Fsp3) is 0.300. The number of rotatable bonds is 4. The molecule has 0 unspecified atom stereocenters. The minimum Gasteiger partial charge on any atom is -0.479 e. The van der Waals surface area contributed by atoms with Crippen molar-refractivity contribution in [3.05, 3.63) is 23.8 Å². The van der Waals surface area contributed by atoms with E-state index in [9.17, 15) is 18.0 Å². The zero-order valence-corrected chi connectivity index (χ0v) is 8.75. The molecular weight excluding hydrogens is 241 g/mol. The number of carbonyl (C=O) groups is 1. The maximum Gasteiger partial charge on any atom is 0.573 e. The van der Waals surface area contributed by atoms with E-state index in [4.69, 9.17) is 5.11 Å². The third-order valence-corrected chi connectivity index (χ3v) is 1.68. The van der Waals surface area contributed by atoms with E-state index in [0.29, 0.717) is 5.56 Å². The zero-order chi connectivity index (χ0) is 13.1. The van der Waals surface area contributed by atoms with Gasteiger partial charge in [-0.3, -0.25) is 0 Å². The second-order valence-corrected chi connectivity index (χ2v) is 3.18. The van der Waals surface area contributed by atoms with Gasteiger partial charge in [-0.15, -0.1) is 13.2 Å². The molecule has 1 rings (SSSR count). The first kappa shape index (κ1) is 13.1. The molecule has 0 saturated carbocycles. The predicted octanol–water partition coefficient (Wildman–Crippen LogP) is 2.36. The molecule has 0 fully saturated rings. The van der Waals surface area contributed by atoms with Gasteiger partial charge in [0.05, 0.1) is 0 Å². The first-order valence-electron chi connectivity index (χ1n) is 4.49. The van der Waals surface area contributed by atoms with Gasteiger partial charge in [0.2, 0.25) is 0 Å². The normalized spacial score (nSPS) is 11.1. The first-order chi connectivity index (χ1) is 7.78. The second kappa shape index (κ2) is 4.94. The van der Waals surface area contributed by atoms with E-state index in [1.165, 1.54) is 12.1 Å². The van der Waals surface area contributed by atoms with Crippen molar-refractivity contribution in [3.63, 3.8) is 0 Å². The predicted molar refractivity (Wildman–Crippen MR) is 51.0 cm³/mol. The summed E-state index contributed by atoms with van der Waals surface area (Å²) in [6.45, 7) is 0.835. The number of alkyl halides is 3. The Bertz CT molecular complexity index is 415. The van der Waals surface area contributed by atoms with Crippen LogP contribution in [0.25, 0.3) is 0 Å². The summed E-state index contributed by atoms with van der Waals surface area (Å²) < 4.78 is 44.6. The van der Waals surface area contributed by atoms with Crippen molar-refractivity contribution in [2.45, 2.75) is 13.3 Å². The number of carboxylic acid groups (broad SMARTS) is 1. The van der Waals surface area contributed by atoms with Gasteiger partial charge in [0.1, 0.15) is 0 Å². The fourth-order valence-electron chi connectivity index (χ4n) is 1.08. The van der Waals surface area contributed by atoms with E-state index in [-0.39, 0.29) is 5.75 Å². The first-order valence-corrected chi connectivity index (χ1v) is 4.49. The molecule has 4 nitrogen and oxygen atoms in total. The fourth-order valence-corrected chi connectivity index (χ4v) is 1.08. The molecule has 0 saturated heterocycles. The third-order valence-electron chi connectivity index (χ3n) is 1.68. The molecule has 7 heteroatoms. The van der Waals surface area contributed by atoms with Crippen molar-refractivity contribution in [3.8, 4) is 11.5 Å². The maximum atomic E-state index is 12.1. The standard InChI is InChI=1S/C10H9F3O4/c1-6-2-3-7(16-5-9(14)15)8(4-6)17-10(11,12)13/h2-4H,5H2,1H3,(H,14,15). The quantitative estimate of drug-likeness (QED) is 0.891. The zero-order valence-electron chi connectivity index (χ0n) is 8.75. The molecule has 0 atom stereocenters. The highest BCUT2D eigenvalue weighted by molar-refractivity contribution is 5.68. The molecule has 1 aromatic rings. The largest absolute Gasteiger partial charge is 0.573 e. The number of aryl methyl sites for hydroxylation is 1. The van der Waals surface area contributed by atoms with E-state index in [1.807, 2.05) is 0 Å². The Morgan fingerprint density at radius 1 is 1.35 bits per heavy atom. The van der Waals surface area contributed by atoms with E-state index in [0.717, 1.165) is 6.07 Å². The summed E-state index contributed by atoms with van der Waals surface area (Å²) in [5, 5.41) is 8.36. The van der Waals surface area contributed by atoms with Crippen LogP contribution in [0.1, 0.15) is 5.56 Å². The number of ether oxygens (including phenoxy) is 2. The Hall–Kier alpha value is -1.92. The Morgan fingerprint density at radius 2 is 2.00 bits per heavy atom. The van der Waals surface area contributed by atoms with Crippen LogP contribution in [0.5, 0.6) is 11.5 Å². The van der Waals surface area contributed by atoms with Gasteiger partial charge in [-0.25, -0.2) is 4.79 Å². The molecule has 0 amide bonds. The van der Waals surface area contributed by atoms with Crippen molar-refractivity contribution >= 4 is 5.97 Å². The molecule has 1 aromatic carbocycles. The lowest BCUT2D eigenvalue weighted by Gasteiger charge is -2.13. The summed E-state index contributed by atoms with van der Waals surface area (Å²) in [6, 6.07) is 3.82. The minimum atomic E-state index is -4.85. The number of halogens is 3. The summed E-state index contributed by atoms with van der Waals surface area (Å²) in [5.74, 6) is -2.11. The Balaban J connectivity index is 2.91. The lowest BCUT2D eigenvalue weighted by molar-refractivity contribution is -0.275. The summed E-state index contributed by atoms with van der Waals surface area (Å²) in [5.41, 5.74) is 0.534. The Labute approximate surface area is 94.6 Å². The molecular formula is C10H9F3O4. The lowest BCUT2D eigenvalue weighted by Crippen LogP contribution is -2.18. The van der Waals surface area contributed by atoms with Crippen molar-refractivity contribution in [2.75, 3.05) is 6.61 Å². The van der Waals surface area contributed by atoms with Gasteiger partial charge in [0.25, 0.3) is 0 Å². The number of hydrogen-bond acceptors (Lipinski definition) is 3. The second-order valence-electron chi connectivity index (χ2n) is 3.18. The van der Waals surface area contributed by atoms with Crippen LogP contribution in [0.4, 0.5) is 13.2 Å². The van der Waals surface area contributed by atoms with Crippen LogP contribution in [-0.4, -0.2) is 24.0 Å². The van der Waals surface area contributed by atoms with Crippen molar-refractivity contribution < 1.29 is 32.5 Å². The van der Waals surface area contributed by atoms with E-state index >= 15 is 0 Å². The molecule has 0 radical (unpaired) electrons. The number of hydrogen-bond donors (Lipinski definition) is 1. The van der Waals surface area contributed by atoms with Gasteiger partial charge in [-0.2, -0.15) is 0 Å².